The minimum absolute atomic E-state index is 0.0171. The molecule has 1 aromatic rings. The number of carbonyl (C=O) groups is 1. The summed E-state index contributed by atoms with van der Waals surface area (Å²) in [5.74, 6) is -1.54. The highest BCUT2D eigenvalue weighted by Gasteiger charge is 2.31. The molecule has 6 heteroatoms. The Morgan fingerprint density at radius 3 is 2.88 bits per heavy atom. The van der Waals surface area contributed by atoms with Crippen LogP contribution in [0.4, 0.5) is 10.1 Å². The first-order chi connectivity index (χ1) is 8.02. The van der Waals surface area contributed by atoms with Crippen LogP contribution in [0.2, 0.25) is 5.02 Å². The van der Waals surface area contributed by atoms with Crippen molar-refractivity contribution in [3.8, 4) is 0 Å². The molecule has 0 fully saturated rings. The van der Waals surface area contributed by atoms with Gasteiger partial charge in [0.05, 0.1) is 10.7 Å². The van der Waals surface area contributed by atoms with Crippen molar-refractivity contribution in [3.63, 3.8) is 0 Å². The largest absolute Gasteiger partial charge is 0.476 e. The van der Waals surface area contributed by atoms with Crippen molar-refractivity contribution in [2.45, 2.75) is 6.92 Å². The van der Waals surface area contributed by atoms with Gasteiger partial charge in [0.25, 0.3) is 0 Å². The summed E-state index contributed by atoms with van der Waals surface area (Å²) < 4.78 is 18.8. The third-order valence-corrected chi connectivity index (χ3v) is 2.73. The van der Waals surface area contributed by atoms with E-state index in [0.717, 1.165) is 0 Å². The van der Waals surface area contributed by atoms with Crippen molar-refractivity contribution in [1.82, 2.24) is 0 Å². The molecule has 1 aromatic carbocycles. The van der Waals surface area contributed by atoms with Gasteiger partial charge in [0.1, 0.15) is 11.6 Å². The topological polar surface area (TPSA) is 49.8 Å². The molecule has 0 saturated heterocycles. The zero-order valence-corrected chi connectivity index (χ0v) is 9.66. The number of para-hydroxylation sites is 1. The first-order valence-corrected chi connectivity index (χ1v) is 5.18. The van der Waals surface area contributed by atoms with Crippen LogP contribution in [0.25, 0.3) is 0 Å². The molecule has 1 aliphatic rings. The van der Waals surface area contributed by atoms with E-state index in [4.69, 9.17) is 21.4 Å². The summed E-state index contributed by atoms with van der Waals surface area (Å²) in [6, 6.07) is 4.16. The second kappa shape index (κ2) is 4.25. The molecular formula is C11H9ClFNO3. The lowest BCUT2D eigenvalue weighted by atomic mass is 10.2. The number of hydrogen-bond donors (Lipinski definition) is 1. The first kappa shape index (κ1) is 11.7. The van der Waals surface area contributed by atoms with Crippen LogP contribution in [0.3, 0.4) is 0 Å². The molecule has 0 aliphatic carbocycles. The van der Waals surface area contributed by atoms with Gasteiger partial charge in [0.2, 0.25) is 0 Å². The Balaban J connectivity index is 2.52. The second-order valence-electron chi connectivity index (χ2n) is 3.48. The Kier molecular flexibility index (Phi) is 2.93. The maximum absolute atomic E-state index is 13.7. The molecule has 0 unspecified atom stereocenters. The van der Waals surface area contributed by atoms with Crippen LogP contribution < -0.4 is 4.90 Å². The van der Waals surface area contributed by atoms with Gasteiger partial charge in [0.15, 0.2) is 12.4 Å². The van der Waals surface area contributed by atoms with Gasteiger partial charge in [-0.15, -0.1) is 0 Å². The number of aliphatic carboxylic acids is 1. The van der Waals surface area contributed by atoms with Gasteiger partial charge in [-0.3, -0.25) is 4.90 Å². The monoisotopic (exact) mass is 257 g/mol. The summed E-state index contributed by atoms with van der Waals surface area (Å²) in [5, 5.41) is 9.19. The molecule has 0 bridgehead atoms. The molecule has 17 heavy (non-hydrogen) atoms. The van der Waals surface area contributed by atoms with Crippen LogP contribution in [-0.4, -0.2) is 17.8 Å². The molecule has 0 amide bonds. The summed E-state index contributed by atoms with van der Waals surface area (Å²) in [6.07, 6.45) is 0. The second-order valence-corrected chi connectivity index (χ2v) is 3.89. The maximum Gasteiger partial charge on any atom is 0.356 e. The van der Waals surface area contributed by atoms with Crippen LogP contribution in [0.5, 0.6) is 0 Å². The van der Waals surface area contributed by atoms with Crippen molar-refractivity contribution < 1.29 is 19.0 Å². The molecule has 0 saturated carbocycles. The molecule has 4 nitrogen and oxygen atoms in total. The Morgan fingerprint density at radius 1 is 1.59 bits per heavy atom. The Bertz CT molecular complexity index is 495. The first-order valence-electron chi connectivity index (χ1n) is 4.81. The van der Waals surface area contributed by atoms with Crippen molar-refractivity contribution in [2.75, 3.05) is 11.6 Å². The van der Waals surface area contributed by atoms with Crippen LogP contribution in [0.15, 0.2) is 29.7 Å². The summed E-state index contributed by atoms with van der Waals surface area (Å²) in [6.45, 7) is 1.45. The van der Waals surface area contributed by atoms with Gasteiger partial charge in [-0.2, -0.15) is 0 Å². The number of carboxylic acid groups (broad SMARTS) is 1. The van der Waals surface area contributed by atoms with E-state index in [1.807, 2.05) is 0 Å². The van der Waals surface area contributed by atoms with Gasteiger partial charge in [-0.1, -0.05) is 17.7 Å². The van der Waals surface area contributed by atoms with Crippen LogP contribution in [0.1, 0.15) is 6.92 Å². The third-order valence-electron chi connectivity index (χ3n) is 2.42. The van der Waals surface area contributed by atoms with Crippen LogP contribution >= 0.6 is 11.6 Å². The maximum atomic E-state index is 13.7. The Hall–Kier alpha value is -1.75. The number of anilines is 1. The van der Waals surface area contributed by atoms with Gasteiger partial charge < -0.3 is 9.84 Å². The van der Waals surface area contributed by atoms with E-state index in [2.05, 4.69) is 0 Å². The molecular weight excluding hydrogens is 249 g/mol. The van der Waals surface area contributed by atoms with Gasteiger partial charge >= 0.3 is 5.97 Å². The van der Waals surface area contributed by atoms with Gasteiger partial charge in [-0.25, -0.2) is 9.18 Å². The highest BCUT2D eigenvalue weighted by Crippen LogP contribution is 2.35. The smallest absolute Gasteiger partial charge is 0.356 e. The third kappa shape index (κ3) is 1.93. The van der Waals surface area contributed by atoms with E-state index >= 15 is 0 Å². The van der Waals surface area contributed by atoms with Crippen molar-refractivity contribution in [1.29, 1.82) is 0 Å². The van der Waals surface area contributed by atoms with E-state index in [9.17, 15) is 9.18 Å². The average Bonchev–Trinajstić information content (AvgIpc) is 2.60. The number of rotatable bonds is 2. The van der Waals surface area contributed by atoms with E-state index in [-0.39, 0.29) is 28.9 Å². The van der Waals surface area contributed by atoms with E-state index in [1.54, 1.807) is 0 Å². The fourth-order valence-corrected chi connectivity index (χ4v) is 1.94. The van der Waals surface area contributed by atoms with Crippen molar-refractivity contribution in [2.24, 2.45) is 0 Å². The molecule has 1 N–H and O–H groups in total. The van der Waals surface area contributed by atoms with E-state index in [1.165, 1.54) is 30.0 Å². The number of benzene rings is 1. The summed E-state index contributed by atoms with van der Waals surface area (Å²) in [5.41, 5.74) is -0.0829. The normalized spacial score (nSPS) is 15.1. The van der Waals surface area contributed by atoms with Crippen LogP contribution in [0, 0.1) is 5.82 Å². The van der Waals surface area contributed by atoms with Crippen LogP contribution in [-0.2, 0) is 9.53 Å². The average molecular weight is 258 g/mol. The number of halogens is 2. The van der Waals surface area contributed by atoms with Gasteiger partial charge in [0, 0.05) is 0 Å². The van der Waals surface area contributed by atoms with Gasteiger partial charge in [-0.05, 0) is 19.1 Å². The minimum atomic E-state index is -1.18. The van der Waals surface area contributed by atoms with Crippen molar-refractivity contribution >= 4 is 23.3 Å². The zero-order chi connectivity index (χ0) is 12.6. The Morgan fingerprint density at radius 2 is 2.29 bits per heavy atom. The molecule has 1 heterocycles. The number of ether oxygens (including phenoxy) is 1. The quantitative estimate of drug-likeness (QED) is 0.885. The SMILES string of the molecule is CC1=C(C(=O)O)N(c2c(F)cccc2Cl)CO1. The molecule has 0 spiro atoms. The Labute approximate surface area is 102 Å². The molecule has 90 valence electrons. The summed E-state index contributed by atoms with van der Waals surface area (Å²) >= 11 is 5.87. The minimum Gasteiger partial charge on any atom is -0.476 e. The number of nitrogens with zero attached hydrogens (tertiary/aromatic N) is 1. The van der Waals surface area contributed by atoms with E-state index < -0.39 is 11.8 Å². The number of allylic oxidation sites excluding steroid dienone is 1. The fourth-order valence-electron chi connectivity index (χ4n) is 1.67. The van der Waals surface area contributed by atoms with Crippen molar-refractivity contribution in [3.05, 3.63) is 40.5 Å². The highest BCUT2D eigenvalue weighted by atomic mass is 35.5. The lowest BCUT2D eigenvalue weighted by Gasteiger charge is -2.19. The summed E-state index contributed by atoms with van der Waals surface area (Å²) in [4.78, 5) is 12.3. The zero-order valence-electron chi connectivity index (χ0n) is 8.91. The molecule has 0 radical (unpaired) electrons. The lowest BCUT2D eigenvalue weighted by molar-refractivity contribution is -0.132. The molecule has 1 aliphatic heterocycles. The van der Waals surface area contributed by atoms with E-state index in [0.29, 0.717) is 0 Å². The number of hydrogen-bond acceptors (Lipinski definition) is 3. The predicted octanol–water partition coefficient (Wildman–Crippen LogP) is 2.59. The molecule has 0 atom stereocenters. The lowest BCUT2D eigenvalue weighted by Crippen LogP contribution is -2.25. The fraction of sp³-hybridized carbons (Fsp3) is 0.182. The molecule has 2 rings (SSSR count). The highest BCUT2D eigenvalue weighted by molar-refractivity contribution is 6.33. The molecule has 0 aromatic heterocycles. The standard InChI is InChI=1S/C11H9ClFNO3/c1-6-9(11(15)16)14(5-17-6)10-7(12)3-2-4-8(10)13/h2-4H,5H2,1H3,(H,15,16). The predicted molar refractivity (Wildman–Crippen MR) is 60.2 cm³/mol. The number of carboxylic acids is 1. The summed E-state index contributed by atoms with van der Waals surface area (Å²) in [7, 11) is 0.